The first kappa shape index (κ1) is 30.0. The lowest BCUT2D eigenvalue weighted by atomic mass is 9.44. The van der Waals surface area contributed by atoms with Crippen molar-refractivity contribution in [2.45, 2.75) is 128 Å². The van der Waals surface area contributed by atoms with Crippen LogP contribution in [0.3, 0.4) is 0 Å². The smallest absolute Gasteiger partial charge is 0.344 e. The van der Waals surface area contributed by atoms with E-state index in [2.05, 4.69) is 13.8 Å². The summed E-state index contributed by atoms with van der Waals surface area (Å²) in [4.78, 5) is 53.8. The third-order valence-corrected chi connectivity index (χ3v) is 15.8. The molecule has 0 saturated heterocycles. The van der Waals surface area contributed by atoms with Crippen LogP contribution in [0.2, 0.25) is 0 Å². The van der Waals surface area contributed by atoms with Gasteiger partial charge in [0.1, 0.15) is 11.2 Å². The van der Waals surface area contributed by atoms with Crippen LogP contribution in [0.1, 0.15) is 117 Å². The van der Waals surface area contributed by atoms with E-state index in [1.165, 1.54) is 12.8 Å². The molecule has 46 heavy (non-hydrogen) atoms. The third-order valence-electron chi connectivity index (χ3n) is 15.8. The highest BCUT2D eigenvalue weighted by atomic mass is 16.6. The second-order valence-corrected chi connectivity index (χ2v) is 18.6. The van der Waals surface area contributed by atoms with E-state index in [1.54, 1.807) is 0 Å². The summed E-state index contributed by atoms with van der Waals surface area (Å²) >= 11 is 0. The minimum absolute atomic E-state index is 0.235. The fourth-order valence-electron chi connectivity index (χ4n) is 14.4. The molecule has 12 aliphatic carbocycles. The molecule has 12 aliphatic rings. The van der Waals surface area contributed by atoms with Crippen molar-refractivity contribution in [3.63, 3.8) is 0 Å². The van der Waals surface area contributed by atoms with E-state index < -0.39 is 34.0 Å². The van der Waals surface area contributed by atoms with Crippen molar-refractivity contribution in [1.82, 2.24) is 0 Å². The van der Waals surface area contributed by atoms with E-state index >= 15 is 0 Å². The largest absolute Gasteiger partial charge is 0.456 e. The Labute approximate surface area is 272 Å². The van der Waals surface area contributed by atoms with Crippen molar-refractivity contribution in [2.75, 3.05) is 13.2 Å². The molecule has 0 heterocycles. The zero-order valence-electron chi connectivity index (χ0n) is 27.8. The van der Waals surface area contributed by atoms with E-state index in [9.17, 15) is 19.2 Å². The summed E-state index contributed by atoms with van der Waals surface area (Å²) in [6, 6.07) is 0. The molecule has 12 saturated carbocycles. The van der Waals surface area contributed by atoms with Gasteiger partial charge in [0.15, 0.2) is 13.2 Å². The minimum atomic E-state index is -0.787. The number of ether oxygens (including phenoxy) is 4. The zero-order chi connectivity index (χ0) is 31.6. The van der Waals surface area contributed by atoms with Gasteiger partial charge in [0.05, 0.1) is 10.8 Å². The van der Waals surface area contributed by atoms with Crippen molar-refractivity contribution in [1.29, 1.82) is 0 Å². The van der Waals surface area contributed by atoms with Gasteiger partial charge in [-0.2, -0.15) is 0 Å². The van der Waals surface area contributed by atoms with E-state index in [0.29, 0.717) is 55.8 Å². The van der Waals surface area contributed by atoms with Gasteiger partial charge in [-0.25, -0.2) is 9.59 Å². The number of carbonyl (C=O) groups excluding carboxylic acids is 4. The van der Waals surface area contributed by atoms with Crippen LogP contribution in [-0.2, 0) is 38.1 Å². The summed E-state index contributed by atoms with van der Waals surface area (Å²) in [7, 11) is 0. The number of hydrogen-bond acceptors (Lipinski definition) is 8. The first-order valence-electron chi connectivity index (χ1n) is 18.7. The predicted octanol–water partition coefficient (Wildman–Crippen LogP) is 6.18. The van der Waals surface area contributed by atoms with Gasteiger partial charge in [-0.3, -0.25) is 9.59 Å². The summed E-state index contributed by atoms with van der Waals surface area (Å²) < 4.78 is 23.8. The van der Waals surface area contributed by atoms with Crippen LogP contribution in [0.15, 0.2) is 0 Å². The van der Waals surface area contributed by atoms with Gasteiger partial charge in [0.25, 0.3) is 0 Å². The molecule has 0 aromatic heterocycles. The average molecular weight is 637 g/mol. The van der Waals surface area contributed by atoms with E-state index in [1.807, 2.05) is 0 Å². The van der Waals surface area contributed by atoms with E-state index in [-0.39, 0.29) is 37.0 Å². The molecule has 0 aromatic rings. The number of rotatable bonds is 8. The maximum absolute atomic E-state index is 13.8. The van der Waals surface area contributed by atoms with Crippen LogP contribution in [0.25, 0.3) is 0 Å². The average Bonchev–Trinajstić information content (AvgIpc) is 2.99. The molecule has 12 fully saturated rings. The minimum Gasteiger partial charge on any atom is -0.456 e. The quantitative estimate of drug-likeness (QED) is 0.230. The summed E-state index contributed by atoms with van der Waals surface area (Å²) in [6.45, 7) is 3.47. The number of carbonyl (C=O) groups is 4. The van der Waals surface area contributed by atoms with Crippen molar-refractivity contribution in [3.05, 3.63) is 0 Å². The van der Waals surface area contributed by atoms with Crippen molar-refractivity contribution >= 4 is 23.9 Å². The molecule has 252 valence electrons. The Bertz CT molecular complexity index is 1170. The molecule has 0 aliphatic heterocycles. The second kappa shape index (κ2) is 10.2. The lowest BCUT2D eigenvalue weighted by Gasteiger charge is -2.59. The highest BCUT2D eigenvalue weighted by Crippen LogP contribution is 2.66. The van der Waals surface area contributed by atoms with E-state index in [0.717, 1.165) is 81.5 Å². The fourth-order valence-corrected chi connectivity index (χ4v) is 14.4. The van der Waals surface area contributed by atoms with Gasteiger partial charge in [-0.1, -0.05) is 0 Å². The molecule has 0 N–H and O–H groups in total. The zero-order valence-corrected chi connectivity index (χ0v) is 27.8. The maximum Gasteiger partial charge on any atom is 0.344 e. The Hall–Kier alpha value is -2.12. The Balaban J connectivity index is 0.816. The number of esters is 4. The molecular formula is C38H52O8. The summed E-state index contributed by atoms with van der Waals surface area (Å²) in [5.41, 5.74) is -2.49. The molecule has 0 radical (unpaired) electrons. The van der Waals surface area contributed by atoms with Crippen molar-refractivity contribution in [3.8, 4) is 0 Å². The maximum atomic E-state index is 13.8. The Morgan fingerprint density at radius 1 is 0.478 bits per heavy atom. The first-order valence-corrected chi connectivity index (χ1v) is 18.7. The molecule has 8 nitrogen and oxygen atoms in total. The highest BCUT2D eigenvalue weighted by Gasteiger charge is 2.65. The van der Waals surface area contributed by atoms with Crippen LogP contribution < -0.4 is 0 Å². The van der Waals surface area contributed by atoms with Crippen LogP contribution in [0, 0.1) is 70.0 Å². The van der Waals surface area contributed by atoms with Crippen molar-refractivity contribution < 1.29 is 38.1 Å². The third kappa shape index (κ3) is 4.56. The second-order valence-electron chi connectivity index (χ2n) is 18.6. The van der Waals surface area contributed by atoms with Gasteiger partial charge in [0, 0.05) is 0 Å². The summed E-state index contributed by atoms with van der Waals surface area (Å²) in [5, 5.41) is 0. The van der Waals surface area contributed by atoms with Crippen LogP contribution >= 0.6 is 0 Å². The Kier molecular flexibility index (Phi) is 6.65. The molecule has 0 unspecified atom stereocenters. The van der Waals surface area contributed by atoms with Gasteiger partial charge >= 0.3 is 23.9 Å². The van der Waals surface area contributed by atoms with Crippen LogP contribution in [0.5, 0.6) is 0 Å². The van der Waals surface area contributed by atoms with E-state index in [4.69, 9.17) is 18.9 Å². The lowest BCUT2D eigenvalue weighted by molar-refractivity contribution is -0.213. The molecule has 0 aromatic carbocycles. The van der Waals surface area contributed by atoms with Gasteiger partial charge in [0.2, 0.25) is 0 Å². The monoisotopic (exact) mass is 636 g/mol. The normalized spacial score (nSPS) is 51.6. The standard InChI is InChI=1S/C38H52O8/c1-35(27-6-21-3-22(8-27)9-28(35)7-21)45-31(39)18-43-33(41)37-14-25-5-26(15-37)17-38(16-25,20-37)34(42)44-19-32(40)46-36(2)29-10-23-4-24(12-29)13-30(36)11-23/h21-30H,3-20H2,1-2H3. The summed E-state index contributed by atoms with van der Waals surface area (Å²) in [5.74, 6) is 3.56. The van der Waals surface area contributed by atoms with Gasteiger partial charge in [-0.15, -0.1) is 0 Å². The Morgan fingerprint density at radius 2 is 0.783 bits per heavy atom. The SMILES string of the molecule is CC1(OC(=O)COC(=O)C23CC4CC(C2)CC(C(=O)OCC(=O)OC2(C)C5CC6CC(C5)CC2C6)(C4)C3)C2CC3CC(C2)CC1C3. The highest BCUT2D eigenvalue weighted by molar-refractivity contribution is 5.85. The molecule has 0 spiro atoms. The lowest BCUT2D eigenvalue weighted by Crippen LogP contribution is -2.59. The van der Waals surface area contributed by atoms with Gasteiger partial charge < -0.3 is 18.9 Å². The molecule has 0 atom stereocenters. The van der Waals surface area contributed by atoms with Crippen LogP contribution in [0.4, 0.5) is 0 Å². The predicted molar refractivity (Wildman–Crippen MR) is 165 cm³/mol. The van der Waals surface area contributed by atoms with Gasteiger partial charge in [-0.05, 0) is 176 Å². The number of hydrogen-bond donors (Lipinski definition) is 0. The topological polar surface area (TPSA) is 105 Å². The molecule has 12 bridgehead atoms. The molecule has 8 heteroatoms. The summed E-state index contributed by atoms with van der Waals surface area (Å²) in [6.07, 6.45) is 15.9. The Morgan fingerprint density at radius 3 is 1.11 bits per heavy atom. The van der Waals surface area contributed by atoms with Crippen LogP contribution in [-0.4, -0.2) is 48.3 Å². The molecule has 12 rings (SSSR count). The first-order chi connectivity index (χ1) is 21.9. The molecule has 0 amide bonds. The molecular weight excluding hydrogens is 584 g/mol. The fraction of sp³-hybridized carbons (Fsp3) is 0.895. The van der Waals surface area contributed by atoms with Crippen molar-refractivity contribution in [2.24, 2.45) is 70.0 Å².